The maximum absolute atomic E-state index is 11.2. The Bertz CT molecular complexity index is 519. The SMILES string of the molecule is CS(=O)(=O)c1nc(Cl)nc(N)c1C#N. The third-order valence-electron chi connectivity index (χ3n) is 1.34. The van der Waals surface area contributed by atoms with Gasteiger partial charge in [-0.2, -0.15) is 10.2 Å². The van der Waals surface area contributed by atoms with Crippen molar-refractivity contribution >= 4 is 27.3 Å². The Balaban J connectivity index is 3.68. The second kappa shape index (κ2) is 3.40. The first kappa shape index (κ1) is 10.7. The van der Waals surface area contributed by atoms with Gasteiger partial charge >= 0.3 is 0 Å². The molecule has 6 nitrogen and oxygen atoms in total. The molecule has 0 saturated heterocycles. The van der Waals surface area contributed by atoms with Crippen molar-refractivity contribution in [2.45, 2.75) is 5.03 Å². The number of nitriles is 1. The van der Waals surface area contributed by atoms with E-state index in [2.05, 4.69) is 9.97 Å². The van der Waals surface area contributed by atoms with Crippen molar-refractivity contribution in [2.24, 2.45) is 0 Å². The summed E-state index contributed by atoms with van der Waals surface area (Å²) in [7, 11) is -3.63. The summed E-state index contributed by atoms with van der Waals surface area (Å²) in [6.07, 6.45) is 0.909. The lowest BCUT2D eigenvalue weighted by Crippen LogP contribution is -2.08. The van der Waals surface area contributed by atoms with Crippen molar-refractivity contribution < 1.29 is 8.42 Å². The van der Waals surface area contributed by atoms with Crippen molar-refractivity contribution in [1.29, 1.82) is 5.26 Å². The quantitative estimate of drug-likeness (QED) is 0.539. The molecule has 0 bridgehead atoms. The molecule has 1 heterocycles. The van der Waals surface area contributed by atoms with Gasteiger partial charge in [0.05, 0.1) is 0 Å². The molecule has 0 aliphatic rings. The highest BCUT2D eigenvalue weighted by atomic mass is 35.5. The number of hydrogen-bond donors (Lipinski definition) is 1. The van der Waals surface area contributed by atoms with Crippen molar-refractivity contribution in [2.75, 3.05) is 12.0 Å². The molecule has 8 heteroatoms. The molecule has 0 spiro atoms. The van der Waals surface area contributed by atoms with E-state index >= 15 is 0 Å². The summed E-state index contributed by atoms with van der Waals surface area (Å²) in [6, 6.07) is 1.61. The largest absolute Gasteiger partial charge is 0.382 e. The van der Waals surface area contributed by atoms with E-state index in [1.165, 1.54) is 0 Å². The Morgan fingerprint density at radius 1 is 1.50 bits per heavy atom. The van der Waals surface area contributed by atoms with Crippen LogP contribution in [0.15, 0.2) is 5.03 Å². The molecular formula is C6H5ClN4O2S. The number of sulfone groups is 1. The second-order valence-corrected chi connectivity index (χ2v) is 4.71. The van der Waals surface area contributed by atoms with Crippen LogP contribution in [0.1, 0.15) is 5.56 Å². The van der Waals surface area contributed by atoms with E-state index in [9.17, 15) is 8.42 Å². The molecule has 14 heavy (non-hydrogen) atoms. The van der Waals surface area contributed by atoms with E-state index in [0.717, 1.165) is 6.26 Å². The van der Waals surface area contributed by atoms with Gasteiger partial charge in [0.25, 0.3) is 0 Å². The fourth-order valence-electron chi connectivity index (χ4n) is 0.803. The van der Waals surface area contributed by atoms with Gasteiger partial charge in [-0.25, -0.2) is 13.4 Å². The van der Waals surface area contributed by atoms with Gasteiger partial charge < -0.3 is 5.73 Å². The van der Waals surface area contributed by atoms with E-state index in [-0.39, 0.29) is 16.7 Å². The smallest absolute Gasteiger partial charge is 0.225 e. The van der Waals surface area contributed by atoms with Crippen molar-refractivity contribution in [3.05, 3.63) is 10.8 Å². The van der Waals surface area contributed by atoms with E-state index < -0.39 is 14.9 Å². The van der Waals surface area contributed by atoms with Gasteiger partial charge in [-0.15, -0.1) is 0 Å². The standard InChI is InChI=1S/C6H5ClN4O2S/c1-14(12,13)5-3(2-8)4(9)10-6(7)11-5/h1H3,(H2,9,10,11). The Morgan fingerprint density at radius 3 is 2.50 bits per heavy atom. The van der Waals surface area contributed by atoms with Crippen LogP contribution >= 0.6 is 11.6 Å². The van der Waals surface area contributed by atoms with Gasteiger partial charge in [0.2, 0.25) is 5.28 Å². The number of hydrogen-bond acceptors (Lipinski definition) is 6. The number of aromatic nitrogens is 2. The summed E-state index contributed by atoms with van der Waals surface area (Å²) in [5, 5.41) is 7.89. The fourth-order valence-corrected chi connectivity index (χ4v) is 1.80. The molecule has 74 valence electrons. The van der Waals surface area contributed by atoms with Crippen molar-refractivity contribution in [1.82, 2.24) is 9.97 Å². The lowest BCUT2D eigenvalue weighted by atomic mass is 10.3. The van der Waals surface area contributed by atoms with Crippen LogP contribution < -0.4 is 5.73 Å². The topological polar surface area (TPSA) is 110 Å². The molecule has 0 saturated carbocycles. The van der Waals surface area contributed by atoms with E-state index in [1.807, 2.05) is 0 Å². The van der Waals surface area contributed by atoms with Crippen LogP contribution in [0.25, 0.3) is 0 Å². The molecule has 1 rings (SSSR count). The molecule has 0 fully saturated rings. The molecule has 0 radical (unpaired) electrons. The van der Waals surface area contributed by atoms with Gasteiger partial charge in [0, 0.05) is 6.26 Å². The monoisotopic (exact) mass is 232 g/mol. The Kier molecular flexibility index (Phi) is 2.59. The van der Waals surface area contributed by atoms with Gasteiger partial charge in [-0.05, 0) is 11.6 Å². The van der Waals surface area contributed by atoms with E-state index in [1.54, 1.807) is 6.07 Å². The lowest BCUT2D eigenvalue weighted by molar-refractivity contribution is 0.597. The molecule has 1 aromatic rings. The summed E-state index contributed by atoms with van der Waals surface area (Å²) in [6.45, 7) is 0. The molecule has 2 N–H and O–H groups in total. The maximum Gasteiger partial charge on any atom is 0.225 e. The average Bonchev–Trinajstić information content (AvgIpc) is 2.01. The zero-order valence-electron chi connectivity index (χ0n) is 7.02. The van der Waals surface area contributed by atoms with Crippen molar-refractivity contribution in [3.8, 4) is 6.07 Å². The molecule has 0 unspecified atom stereocenters. The maximum atomic E-state index is 11.2. The van der Waals surface area contributed by atoms with Crippen LogP contribution in [0.2, 0.25) is 5.28 Å². The minimum atomic E-state index is -3.63. The Labute approximate surface area is 85.3 Å². The number of rotatable bonds is 1. The normalized spacial score (nSPS) is 10.9. The summed E-state index contributed by atoms with van der Waals surface area (Å²) in [4.78, 5) is 6.90. The van der Waals surface area contributed by atoms with Crippen molar-refractivity contribution in [3.63, 3.8) is 0 Å². The number of nitrogens with two attached hydrogens (primary N) is 1. The molecule has 0 aliphatic carbocycles. The molecule has 0 amide bonds. The lowest BCUT2D eigenvalue weighted by Gasteiger charge is -2.02. The van der Waals surface area contributed by atoms with Crippen LogP contribution in [0, 0.1) is 11.3 Å². The Hall–Kier alpha value is -1.39. The van der Waals surface area contributed by atoms with Gasteiger partial charge in [0.15, 0.2) is 14.9 Å². The molecule has 0 atom stereocenters. The van der Waals surface area contributed by atoms with Crippen LogP contribution in [-0.2, 0) is 9.84 Å². The first-order valence-electron chi connectivity index (χ1n) is 3.29. The Morgan fingerprint density at radius 2 is 2.07 bits per heavy atom. The van der Waals surface area contributed by atoms with E-state index in [4.69, 9.17) is 22.6 Å². The van der Waals surface area contributed by atoms with Gasteiger partial charge in [-0.3, -0.25) is 0 Å². The minimum Gasteiger partial charge on any atom is -0.382 e. The first-order valence-corrected chi connectivity index (χ1v) is 5.56. The second-order valence-electron chi connectivity index (χ2n) is 2.44. The van der Waals surface area contributed by atoms with Crippen LogP contribution in [0.4, 0.5) is 5.82 Å². The number of nitrogens with zero attached hydrogens (tertiary/aromatic N) is 3. The number of nitrogen functional groups attached to an aromatic ring is 1. The third-order valence-corrected chi connectivity index (χ3v) is 2.51. The first-order chi connectivity index (χ1) is 6.36. The van der Waals surface area contributed by atoms with Gasteiger partial charge in [0.1, 0.15) is 17.5 Å². The van der Waals surface area contributed by atoms with Crippen LogP contribution in [0.3, 0.4) is 0 Å². The zero-order chi connectivity index (χ0) is 10.9. The highest BCUT2D eigenvalue weighted by Crippen LogP contribution is 2.19. The highest BCUT2D eigenvalue weighted by molar-refractivity contribution is 7.90. The zero-order valence-corrected chi connectivity index (χ0v) is 8.59. The van der Waals surface area contributed by atoms with Crippen LogP contribution in [0.5, 0.6) is 0 Å². The average molecular weight is 233 g/mol. The predicted molar refractivity (Wildman–Crippen MR) is 49.3 cm³/mol. The predicted octanol–water partition coefficient (Wildman–Crippen LogP) is -0.0126. The summed E-state index contributed by atoms with van der Waals surface area (Å²) < 4.78 is 22.3. The van der Waals surface area contributed by atoms with Gasteiger partial charge in [-0.1, -0.05) is 0 Å². The summed E-state index contributed by atoms with van der Waals surface area (Å²) >= 11 is 5.41. The molecular weight excluding hydrogens is 228 g/mol. The minimum absolute atomic E-state index is 0.243. The number of anilines is 1. The van der Waals surface area contributed by atoms with E-state index in [0.29, 0.717) is 0 Å². The highest BCUT2D eigenvalue weighted by Gasteiger charge is 2.19. The molecule has 1 aromatic heterocycles. The summed E-state index contributed by atoms with van der Waals surface area (Å²) in [5.74, 6) is -0.243. The molecule has 0 aliphatic heterocycles. The van der Waals surface area contributed by atoms with Crippen LogP contribution in [-0.4, -0.2) is 24.6 Å². The fraction of sp³-hybridized carbons (Fsp3) is 0.167. The molecule has 0 aromatic carbocycles. The summed E-state index contributed by atoms with van der Waals surface area (Å²) in [5.41, 5.74) is 5.03. The third kappa shape index (κ3) is 1.92. The number of halogens is 1.